The van der Waals surface area contributed by atoms with E-state index in [2.05, 4.69) is 86.0 Å². The molecule has 0 aliphatic rings. The van der Waals surface area contributed by atoms with Gasteiger partial charge in [0.15, 0.2) is 0 Å². The van der Waals surface area contributed by atoms with Gasteiger partial charge in [0.1, 0.15) is 0 Å². The highest BCUT2D eigenvalue weighted by Crippen LogP contribution is 2.35. The Morgan fingerprint density at radius 3 is 2.19 bits per heavy atom. The lowest BCUT2D eigenvalue weighted by Crippen LogP contribution is -2.11. The van der Waals surface area contributed by atoms with Crippen molar-refractivity contribution in [3.8, 4) is 11.1 Å². The molecule has 1 aromatic heterocycles. The van der Waals surface area contributed by atoms with Gasteiger partial charge in [0.25, 0.3) is 0 Å². The molecule has 0 saturated carbocycles. The third-order valence-corrected chi connectivity index (χ3v) is 6.42. The molecule has 0 aliphatic heterocycles. The summed E-state index contributed by atoms with van der Waals surface area (Å²) in [5, 5.41) is 1.98. The second-order valence-corrected chi connectivity index (χ2v) is 8.63. The maximum Gasteiger partial charge on any atom is 0.249 e. The molecule has 0 radical (unpaired) electrons. The number of hydrogen-bond donors (Lipinski definition) is 1. The molecule has 2 N–H and O–H groups in total. The van der Waals surface area contributed by atoms with Crippen LogP contribution in [-0.2, 0) is 6.54 Å². The molecule has 0 bridgehead atoms. The van der Waals surface area contributed by atoms with E-state index in [9.17, 15) is 4.79 Å². The zero-order valence-electron chi connectivity index (χ0n) is 18.6. The number of nitrogens with zero attached hydrogens (tertiary/aromatic N) is 1. The second kappa shape index (κ2) is 7.69. The van der Waals surface area contributed by atoms with Crippen LogP contribution in [0, 0.1) is 20.8 Å². The van der Waals surface area contributed by atoms with Crippen LogP contribution in [0.3, 0.4) is 0 Å². The molecule has 5 aromatic rings. The molecule has 4 aromatic carbocycles. The van der Waals surface area contributed by atoms with E-state index in [-0.39, 0.29) is 0 Å². The molecule has 158 valence electrons. The van der Waals surface area contributed by atoms with E-state index in [0.29, 0.717) is 5.56 Å². The van der Waals surface area contributed by atoms with Gasteiger partial charge < -0.3 is 10.3 Å². The Morgan fingerprint density at radius 1 is 0.781 bits per heavy atom. The van der Waals surface area contributed by atoms with Gasteiger partial charge in [-0.05, 0) is 66.8 Å². The molecule has 3 nitrogen and oxygen atoms in total. The highest BCUT2D eigenvalue weighted by Gasteiger charge is 2.18. The average molecular weight is 419 g/mol. The van der Waals surface area contributed by atoms with Crippen molar-refractivity contribution in [2.75, 3.05) is 0 Å². The van der Waals surface area contributed by atoms with Crippen LogP contribution in [0.5, 0.6) is 0 Å². The van der Waals surface area contributed by atoms with E-state index in [1.807, 2.05) is 18.2 Å². The largest absolute Gasteiger partial charge is 0.366 e. The number of primary amides is 1. The molecule has 0 saturated heterocycles. The van der Waals surface area contributed by atoms with Crippen molar-refractivity contribution >= 4 is 27.7 Å². The van der Waals surface area contributed by atoms with Crippen molar-refractivity contribution in [2.45, 2.75) is 27.3 Å². The first-order valence-corrected chi connectivity index (χ1v) is 10.9. The number of carbonyl (C=O) groups excluding carboxylic acids is 1. The number of rotatable bonds is 4. The Labute approximate surface area is 188 Å². The number of nitrogens with two attached hydrogens (primary N) is 1. The van der Waals surface area contributed by atoms with E-state index < -0.39 is 5.91 Å². The maximum absolute atomic E-state index is 12.3. The van der Waals surface area contributed by atoms with Crippen molar-refractivity contribution < 1.29 is 4.79 Å². The minimum Gasteiger partial charge on any atom is -0.366 e. The van der Waals surface area contributed by atoms with Gasteiger partial charge in [-0.1, -0.05) is 66.2 Å². The number of fused-ring (bicyclic) bond motifs is 3. The number of amides is 1. The minimum atomic E-state index is -0.399. The first-order valence-electron chi connectivity index (χ1n) is 10.9. The van der Waals surface area contributed by atoms with Gasteiger partial charge in [0.05, 0.1) is 11.0 Å². The zero-order chi connectivity index (χ0) is 22.4. The van der Waals surface area contributed by atoms with Crippen molar-refractivity contribution in [3.63, 3.8) is 0 Å². The van der Waals surface area contributed by atoms with Crippen LogP contribution in [0.4, 0.5) is 0 Å². The van der Waals surface area contributed by atoms with Crippen LogP contribution >= 0.6 is 0 Å². The second-order valence-electron chi connectivity index (χ2n) is 8.63. The smallest absolute Gasteiger partial charge is 0.249 e. The number of hydrogen-bond acceptors (Lipinski definition) is 1. The van der Waals surface area contributed by atoms with Crippen LogP contribution in [-0.4, -0.2) is 10.5 Å². The summed E-state index contributed by atoms with van der Waals surface area (Å²) in [7, 11) is 0. The highest BCUT2D eigenvalue weighted by molar-refractivity contribution is 6.18. The molecule has 0 unspecified atom stereocenters. The monoisotopic (exact) mass is 418 g/mol. The molecule has 0 aliphatic carbocycles. The van der Waals surface area contributed by atoms with Crippen LogP contribution in [0.15, 0.2) is 78.9 Å². The van der Waals surface area contributed by atoms with Crippen molar-refractivity contribution in [2.24, 2.45) is 5.73 Å². The first-order chi connectivity index (χ1) is 15.4. The number of benzene rings is 4. The van der Waals surface area contributed by atoms with Crippen molar-refractivity contribution in [3.05, 3.63) is 107 Å². The fourth-order valence-corrected chi connectivity index (χ4v) is 4.95. The SMILES string of the molecule is Cc1cc(C)c(Cn2c3cc(-c4ccccc4)ccc3c3c(C(N)=O)cccc32)c(C)c1. The van der Waals surface area contributed by atoms with Crippen LogP contribution in [0.1, 0.15) is 32.6 Å². The van der Waals surface area contributed by atoms with Gasteiger partial charge in [-0.3, -0.25) is 4.79 Å². The summed E-state index contributed by atoms with van der Waals surface area (Å²) in [5.41, 5.74) is 15.9. The normalized spacial score (nSPS) is 11.3. The van der Waals surface area contributed by atoms with Crippen molar-refractivity contribution in [1.82, 2.24) is 4.57 Å². The molecule has 32 heavy (non-hydrogen) atoms. The Balaban J connectivity index is 1.83. The Bertz CT molecular complexity index is 1470. The average Bonchev–Trinajstić information content (AvgIpc) is 3.09. The summed E-state index contributed by atoms with van der Waals surface area (Å²) in [6.45, 7) is 7.22. The molecule has 1 amide bonds. The van der Waals surface area contributed by atoms with Gasteiger partial charge >= 0.3 is 0 Å². The van der Waals surface area contributed by atoms with Gasteiger partial charge in [0, 0.05) is 22.9 Å². The van der Waals surface area contributed by atoms with E-state index >= 15 is 0 Å². The molecule has 3 heteroatoms. The highest BCUT2D eigenvalue weighted by atomic mass is 16.1. The fourth-order valence-electron chi connectivity index (χ4n) is 4.95. The lowest BCUT2D eigenvalue weighted by atomic mass is 9.99. The molecular formula is C29H26N2O. The van der Waals surface area contributed by atoms with Crippen molar-refractivity contribution in [1.29, 1.82) is 0 Å². The molecule has 0 atom stereocenters. The lowest BCUT2D eigenvalue weighted by Gasteiger charge is -2.15. The summed E-state index contributed by atoms with van der Waals surface area (Å²) in [5.74, 6) is -0.399. The fraction of sp³-hybridized carbons (Fsp3) is 0.138. The predicted molar refractivity (Wildman–Crippen MR) is 133 cm³/mol. The summed E-state index contributed by atoms with van der Waals surface area (Å²) < 4.78 is 2.33. The van der Waals surface area contributed by atoms with E-state index in [0.717, 1.165) is 33.9 Å². The number of carbonyl (C=O) groups is 1. The van der Waals surface area contributed by atoms with E-state index in [1.165, 1.54) is 27.8 Å². The van der Waals surface area contributed by atoms with E-state index in [1.54, 1.807) is 0 Å². The standard InChI is InChI=1S/C29H26N2O/c1-18-14-19(2)25(20(3)15-18)17-31-26-11-7-10-24(29(30)32)28(26)23-13-12-22(16-27(23)31)21-8-5-4-6-9-21/h4-16H,17H2,1-3H3,(H2,30,32). The topological polar surface area (TPSA) is 48.0 Å². The quantitative estimate of drug-likeness (QED) is 0.354. The Morgan fingerprint density at radius 2 is 1.50 bits per heavy atom. The maximum atomic E-state index is 12.3. The number of aryl methyl sites for hydroxylation is 3. The molecule has 0 spiro atoms. The predicted octanol–water partition coefficient (Wildman–Crippen LogP) is 6.53. The van der Waals surface area contributed by atoms with Crippen LogP contribution < -0.4 is 5.73 Å². The first kappa shape index (κ1) is 20.1. The van der Waals surface area contributed by atoms with E-state index in [4.69, 9.17) is 5.73 Å². The zero-order valence-corrected chi connectivity index (χ0v) is 18.6. The van der Waals surface area contributed by atoms with Gasteiger partial charge in [-0.2, -0.15) is 0 Å². The minimum absolute atomic E-state index is 0.399. The number of aromatic nitrogens is 1. The molecule has 1 heterocycles. The third-order valence-electron chi connectivity index (χ3n) is 6.42. The van der Waals surface area contributed by atoms with Gasteiger partial charge in [-0.15, -0.1) is 0 Å². The summed E-state index contributed by atoms with van der Waals surface area (Å²) in [6.07, 6.45) is 0. The third kappa shape index (κ3) is 3.27. The summed E-state index contributed by atoms with van der Waals surface area (Å²) in [6, 6.07) is 27.2. The molecular weight excluding hydrogens is 392 g/mol. The summed E-state index contributed by atoms with van der Waals surface area (Å²) in [4.78, 5) is 12.3. The van der Waals surface area contributed by atoms with Gasteiger partial charge in [0.2, 0.25) is 5.91 Å². The molecule has 5 rings (SSSR count). The summed E-state index contributed by atoms with van der Waals surface area (Å²) >= 11 is 0. The Kier molecular flexibility index (Phi) is 4.82. The van der Waals surface area contributed by atoms with Crippen LogP contribution in [0.2, 0.25) is 0 Å². The van der Waals surface area contributed by atoms with Crippen LogP contribution in [0.25, 0.3) is 32.9 Å². The lowest BCUT2D eigenvalue weighted by molar-refractivity contribution is 0.100. The molecule has 0 fully saturated rings. The Hall–Kier alpha value is -3.85. The van der Waals surface area contributed by atoms with Gasteiger partial charge in [-0.25, -0.2) is 0 Å².